The van der Waals surface area contributed by atoms with Crippen LogP contribution in [-0.2, 0) is 9.47 Å². The van der Waals surface area contributed by atoms with Crippen LogP contribution in [0, 0.1) is 0 Å². The molecule has 6 rings (SSSR count). The summed E-state index contributed by atoms with van der Waals surface area (Å²) in [6.07, 6.45) is 0. The molecule has 5 aromatic rings. The fourth-order valence-corrected chi connectivity index (χ4v) is 7.36. The number of benzene rings is 3. The fraction of sp³-hybridized carbons (Fsp3) is 0.0968. The van der Waals surface area contributed by atoms with Crippen LogP contribution in [0.2, 0.25) is 0 Å². The lowest BCUT2D eigenvalue weighted by Crippen LogP contribution is -2.27. The second-order valence-electron chi connectivity index (χ2n) is 9.01. The lowest BCUT2D eigenvalue weighted by Gasteiger charge is -2.19. The second kappa shape index (κ2) is 12.4. The molecule has 3 heterocycles. The van der Waals surface area contributed by atoms with E-state index in [1.165, 1.54) is 36.9 Å². The Morgan fingerprint density at radius 3 is 1.35 bits per heavy atom. The van der Waals surface area contributed by atoms with Gasteiger partial charge in [-0.3, -0.25) is 9.98 Å². The Kier molecular flexibility index (Phi) is 8.44. The van der Waals surface area contributed by atoms with Gasteiger partial charge in [0.05, 0.1) is 54.8 Å². The number of nitrogens with zero attached hydrogens (tertiary/aromatic N) is 2. The molecular formula is C31H20Br2N2O6S2. The molecule has 0 unspecified atom stereocenters. The van der Waals surface area contributed by atoms with Crippen molar-refractivity contribution in [1.82, 2.24) is 0 Å². The van der Waals surface area contributed by atoms with Crippen LogP contribution in [0.15, 0.2) is 90.4 Å². The molecule has 0 aliphatic carbocycles. The number of rotatable bonds is 8. The number of esters is 2. The number of hydrogen-bond donors (Lipinski definition) is 0. The van der Waals surface area contributed by atoms with Gasteiger partial charge in [-0.2, -0.15) is 0 Å². The van der Waals surface area contributed by atoms with E-state index in [-0.39, 0.29) is 6.67 Å². The molecule has 216 valence electrons. The van der Waals surface area contributed by atoms with Crippen LogP contribution < -0.4 is 20.2 Å². The van der Waals surface area contributed by atoms with Crippen LogP contribution >= 0.6 is 54.5 Å². The molecule has 0 bridgehead atoms. The molecule has 12 heteroatoms. The van der Waals surface area contributed by atoms with Crippen LogP contribution in [-0.4, -0.2) is 32.8 Å². The molecule has 0 radical (unpaired) electrons. The topological polar surface area (TPSA) is 95.8 Å². The van der Waals surface area contributed by atoms with E-state index in [4.69, 9.17) is 28.9 Å². The summed E-state index contributed by atoms with van der Waals surface area (Å²) >= 11 is 10.2. The molecule has 43 heavy (non-hydrogen) atoms. The number of hydrogen-bond acceptors (Lipinski definition) is 10. The van der Waals surface area contributed by atoms with Crippen LogP contribution in [0.3, 0.4) is 0 Å². The Labute approximate surface area is 270 Å². The standard InChI is InChI=1S/C31H20Br2N2O6S2/c1-38-30(36)16-3-7-18(8-4-16)40-28-24(20-11-13-22(32)42-20)26-27(35-15-34-26)25(21-12-14-23(33)43-21)29(28)41-19-9-5-17(6-10-19)31(37)39-2/h3-14H,15H2,1-2H3. The zero-order valence-electron chi connectivity index (χ0n) is 22.6. The molecule has 1 aliphatic heterocycles. The lowest BCUT2D eigenvalue weighted by atomic mass is 10.0. The Morgan fingerprint density at radius 2 is 1.02 bits per heavy atom. The number of carbonyl (C=O) groups is 2. The van der Waals surface area contributed by atoms with Gasteiger partial charge >= 0.3 is 11.9 Å². The Balaban J connectivity index is 1.61. The minimum Gasteiger partial charge on any atom is -0.465 e. The molecule has 0 saturated heterocycles. The molecule has 0 saturated carbocycles. The predicted octanol–water partition coefficient (Wildman–Crippen LogP) is 8.04. The predicted molar refractivity (Wildman–Crippen MR) is 171 cm³/mol. The maximum Gasteiger partial charge on any atom is 0.337 e. The third-order valence-electron chi connectivity index (χ3n) is 6.45. The first kappa shape index (κ1) is 29.2. The van der Waals surface area contributed by atoms with Crippen molar-refractivity contribution in [3.63, 3.8) is 0 Å². The Morgan fingerprint density at radius 1 is 0.628 bits per heavy atom. The first-order valence-electron chi connectivity index (χ1n) is 12.7. The molecule has 8 nitrogen and oxygen atoms in total. The van der Waals surface area contributed by atoms with E-state index >= 15 is 0 Å². The van der Waals surface area contributed by atoms with Crippen LogP contribution in [0.5, 0.6) is 23.0 Å². The second-order valence-corrected chi connectivity index (χ2v) is 13.9. The highest BCUT2D eigenvalue weighted by Gasteiger charge is 2.28. The Bertz CT molecular complexity index is 1840. The van der Waals surface area contributed by atoms with Gasteiger partial charge in [-0.05, 0) is 105 Å². The lowest BCUT2D eigenvalue weighted by molar-refractivity contribution is 0.0592. The maximum absolute atomic E-state index is 12.1. The third kappa shape index (κ3) is 5.87. The SMILES string of the molecule is COC(=O)c1ccc(Oc2c(Oc3ccc(C(=O)OC)cc3)c(-c3ccc(Br)s3)c3c(c2-c2ccc(Br)s2)=NCN=3)cc1. The first-order valence-corrected chi connectivity index (χ1v) is 15.9. The summed E-state index contributed by atoms with van der Waals surface area (Å²) in [5, 5.41) is 1.40. The van der Waals surface area contributed by atoms with Gasteiger partial charge < -0.3 is 18.9 Å². The van der Waals surface area contributed by atoms with Crippen molar-refractivity contribution in [1.29, 1.82) is 0 Å². The summed E-state index contributed by atoms with van der Waals surface area (Å²) in [5.41, 5.74) is 2.24. The van der Waals surface area contributed by atoms with E-state index in [1.807, 2.05) is 24.3 Å². The van der Waals surface area contributed by atoms with Gasteiger partial charge in [0.2, 0.25) is 0 Å². The largest absolute Gasteiger partial charge is 0.465 e. The summed E-state index contributed by atoms with van der Waals surface area (Å²) in [6, 6.07) is 21.3. The molecule has 0 N–H and O–H groups in total. The van der Waals surface area contributed by atoms with Crippen molar-refractivity contribution in [3.8, 4) is 43.9 Å². The highest BCUT2D eigenvalue weighted by atomic mass is 79.9. The maximum atomic E-state index is 12.1. The van der Waals surface area contributed by atoms with Gasteiger partial charge in [-0.1, -0.05) is 0 Å². The molecule has 3 aromatic carbocycles. The van der Waals surface area contributed by atoms with Crippen molar-refractivity contribution in [2.75, 3.05) is 20.9 Å². The zero-order chi connectivity index (χ0) is 30.1. The first-order chi connectivity index (χ1) is 20.9. The minimum absolute atomic E-state index is 0.263. The van der Waals surface area contributed by atoms with E-state index in [1.54, 1.807) is 48.5 Å². The van der Waals surface area contributed by atoms with E-state index in [0.717, 1.165) is 28.5 Å². The molecule has 1 aliphatic rings. The van der Waals surface area contributed by atoms with E-state index in [2.05, 4.69) is 31.9 Å². The van der Waals surface area contributed by atoms with Gasteiger partial charge in [0, 0.05) is 9.75 Å². The van der Waals surface area contributed by atoms with E-state index in [0.29, 0.717) is 44.8 Å². The summed E-state index contributed by atoms with van der Waals surface area (Å²) in [6.45, 7) is 0.263. The number of thiophene rings is 2. The van der Waals surface area contributed by atoms with Gasteiger partial charge in [0.1, 0.15) is 18.2 Å². The van der Waals surface area contributed by atoms with Crippen LogP contribution in [0.4, 0.5) is 0 Å². The van der Waals surface area contributed by atoms with Crippen LogP contribution in [0.25, 0.3) is 20.9 Å². The molecular weight excluding hydrogens is 720 g/mol. The molecule has 0 atom stereocenters. The van der Waals surface area contributed by atoms with Gasteiger partial charge in [-0.25, -0.2) is 9.59 Å². The number of fused-ring (bicyclic) bond motifs is 1. The number of halogens is 2. The van der Waals surface area contributed by atoms with Crippen molar-refractivity contribution in [2.24, 2.45) is 9.98 Å². The molecule has 0 fully saturated rings. The summed E-state index contributed by atoms with van der Waals surface area (Å²) in [5.74, 6) is 0.914. The summed E-state index contributed by atoms with van der Waals surface area (Å²) < 4.78 is 24.9. The normalized spacial score (nSPS) is 11.7. The van der Waals surface area contributed by atoms with Crippen molar-refractivity contribution >= 4 is 66.5 Å². The van der Waals surface area contributed by atoms with Crippen molar-refractivity contribution in [3.05, 3.63) is 102 Å². The van der Waals surface area contributed by atoms with Gasteiger partial charge in [0.15, 0.2) is 11.5 Å². The smallest absolute Gasteiger partial charge is 0.337 e. The average Bonchev–Trinajstić information content (AvgIpc) is 3.79. The third-order valence-corrected chi connectivity index (χ3v) is 9.73. The summed E-state index contributed by atoms with van der Waals surface area (Å²) in [7, 11) is 2.67. The van der Waals surface area contributed by atoms with Crippen molar-refractivity contribution in [2.45, 2.75) is 0 Å². The molecule has 0 spiro atoms. The number of ether oxygens (including phenoxy) is 4. The number of carbonyl (C=O) groups excluding carboxylic acids is 2. The molecule has 2 aromatic heterocycles. The minimum atomic E-state index is -0.446. The van der Waals surface area contributed by atoms with Gasteiger partial charge in [-0.15, -0.1) is 22.7 Å². The van der Waals surface area contributed by atoms with Gasteiger partial charge in [0.25, 0.3) is 0 Å². The van der Waals surface area contributed by atoms with Crippen LogP contribution in [0.1, 0.15) is 20.7 Å². The monoisotopic (exact) mass is 738 g/mol. The zero-order valence-corrected chi connectivity index (χ0v) is 27.4. The quantitative estimate of drug-likeness (QED) is 0.150. The summed E-state index contributed by atoms with van der Waals surface area (Å²) in [4.78, 5) is 35.5. The Hall–Kier alpha value is -3.84. The van der Waals surface area contributed by atoms with E-state index < -0.39 is 11.9 Å². The highest BCUT2D eigenvalue weighted by Crippen LogP contribution is 2.48. The molecule has 0 amide bonds. The highest BCUT2D eigenvalue weighted by molar-refractivity contribution is 9.11. The average molecular weight is 740 g/mol. The fourth-order valence-electron chi connectivity index (χ4n) is 4.50. The van der Waals surface area contributed by atoms with E-state index in [9.17, 15) is 9.59 Å². The van der Waals surface area contributed by atoms with Crippen molar-refractivity contribution < 1.29 is 28.5 Å². The number of methoxy groups -OCH3 is 2.